The Kier molecular flexibility index (Phi) is 3.16. The van der Waals surface area contributed by atoms with Gasteiger partial charge in [0.05, 0.1) is 6.54 Å². The van der Waals surface area contributed by atoms with Crippen molar-refractivity contribution in [2.75, 3.05) is 11.9 Å². The highest BCUT2D eigenvalue weighted by Crippen LogP contribution is 2.14. The van der Waals surface area contributed by atoms with Gasteiger partial charge in [0.15, 0.2) is 10.8 Å². The topological polar surface area (TPSA) is 80.0 Å². The van der Waals surface area contributed by atoms with Crippen LogP contribution in [0.4, 0.5) is 5.13 Å². The maximum absolute atomic E-state index is 10.6. The molecule has 0 bridgehead atoms. The van der Waals surface area contributed by atoms with Crippen molar-refractivity contribution >= 4 is 22.4 Å². The number of carbonyl (C=O) groups is 1. The van der Waals surface area contributed by atoms with E-state index in [2.05, 4.69) is 15.4 Å². The molecule has 0 fully saturated rings. The van der Waals surface area contributed by atoms with E-state index in [0.717, 1.165) is 6.54 Å². The fourth-order valence-electron chi connectivity index (χ4n) is 1.16. The molecule has 2 rings (SSSR count). The van der Waals surface area contributed by atoms with Gasteiger partial charge in [0.2, 0.25) is 0 Å². The molecule has 0 spiro atoms. The molecule has 0 unspecified atom stereocenters. The number of anilines is 1. The summed E-state index contributed by atoms with van der Waals surface area (Å²) in [5.41, 5.74) is 0.0755. The first kappa shape index (κ1) is 10.6. The number of hydrogen-bond donors (Lipinski definition) is 2. The second-order valence-electron chi connectivity index (χ2n) is 3.04. The van der Waals surface area contributed by atoms with Gasteiger partial charge in [0, 0.05) is 24.3 Å². The molecule has 7 heteroatoms. The van der Waals surface area contributed by atoms with Gasteiger partial charge in [-0.25, -0.2) is 9.78 Å². The first-order valence-corrected chi connectivity index (χ1v) is 5.54. The lowest BCUT2D eigenvalue weighted by atomic mass is 10.5. The lowest BCUT2D eigenvalue weighted by molar-refractivity contribution is 0.0691. The Labute approximate surface area is 95.6 Å². The first-order chi connectivity index (χ1) is 7.75. The van der Waals surface area contributed by atoms with Gasteiger partial charge in [0.25, 0.3) is 0 Å². The number of aromatic nitrogens is 3. The molecule has 0 aliphatic heterocycles. The number of hydrogen-bond acceptors (Lipinski definition) is 5. The zero-order valence-electron chi connectivity index (χ0n) is 8.33. The molecule has 16 heavy (non-hydrogen) atoms. The second kappa shape index (κ2) is 4.75. The fraction of sp³-hybridized carbons (Fsp3) is 0.222. The van der Waals surface area contributed by atoms with E-state index in [-0.39, 0.29) is 5.69 Å². The maximum Gasteiger partial charge on any atom is 0.355 e. The molecule has 0 aliphatic carbocycles. The zero-order chi connectivity index (χ0) is 11.4. The van der Waals surface area contributed by atoms with Gasteiger partial charge in [-0.3, -0.25) is 4.68 Å². The van der Waals surface area contributed by atoms with Crippen LogP contribution >= 0.6 is 11.3 Å². The van der Waals surface area contributed by atoms with E-state index < -0.39 is 5.97 Å². The smallest absolute Gasteiger partial charge is 0.355 e. The quantitative estimate of drug-likeness (QED) is 0.816. The van der Waals surface area contributed by atoms with Gasteiger partial charge >= 0.3 is 5.97 Å². The third kappa shape index (κ3) is 2.57. The van der Waals surface area contributed by atoms with Gasteiger partial charge in [-0.1, -0.05) is 0 Å². The summed E-state index contributed by atoms with van der Waals surface area (Å²) in [6.45, 7) is 1.38. The molecule has 0 saturated carbocycles. The summed E-state index contributed by atoms with van der Waals surface area (Å²) in [4.78, 5) is 14.5. The molecule has 0 atom stereocenters. The van der Waals surface area contributed by atoms with Gasteiger partial charge in [-0.05, 0) is 6.07 Å². The van der Waals surface area contributed by atoms with E-state index in [4.69, 9.17) is 5.11 Å². The molecule has 0 aliphatic rings. The standard InChI is InChI=1S/C9H10N4O2S/c14-8(15)7-6-16-9(12-7)10-3-5-13-4-1-2-11-13/h1-2,4,6H,3,5H2,(H,10,12)(H,14,15). The average molecular weight is 238 g/mol. The molecule has 2 heterocycles. The summed E-state index contributed by atoms with van der Waals surface area (Å²) < 4.78 is 1.79. The molecular formula is C9H10N4O2S. The Morgan fingerprint density at radius 1 is 1.62 bits per heavy atom. The van der Waals surface area contributed by atoms with E-state index in [1.54, 1.807) is 10.9 Å². The Bertz CT molecular complexity index is 466. The molecular weight excluding hydrogens is 228 g/mol. The summed E-state index contributed by atoms with van der Waals surface area (Å²) in [6.07, 6.45) is 3.58. The van der Waals surface area contributed by atoms with Crippen LogP contribution < -0.4 is 5.32 Å². The van der Waals surface area contributed by atoms with Crippen LogP contribution in [0.15, 0.2) is 23.8 Å². The fourth-order valence-corrected chi connectivity index (χ4v) is 1.88. The molecule has 0 aromatic carbocycles. The van der Waals surface area contributed by atoms with Crippen LogP contribution in [-0.2, 0) is 6.54 Å². The van der Waals surface area contributed by atoms with Crippen molar-refractivity contribution in [3.05, 3.63) is 29.5 Å². The highest BCUT2D eigenvalue weighted by molar-refractivity contribution is 7.13. The van der Waals surface area contributed by atoms with E-state index >= 15 is 0 Å². The monoisotopic (exact) mass is 238 g/mol. The number of rotatable bonds is 5. The van der Waals surface area contributed by atoms with E-state index in [1.807, 2.05) is 12.3 Å². The molecule has 0 radical (unpaired) electrons. The normalized spacial score (nSPS) is 10.2. The first-order valence-electron chi connectivity index (χ1n) is 4.66. The van der Waals surface area contributed by atoms with E-state index in [0.29, 0.717) is 11.7 Å². The number of carboxylic acid groups (broad SMARTS) is 1. The highest BCUT2D eigenvalue weighted by Gasteiger charge is 2.07. The third-order valence-corrected chi connectivity index (χ3v) is 2.70. The predicted octanol–water partition coefficient (Wildman–Crippen LogP) is 1.15. The second-order valence-corrected chi connectivity index (χ2v) is 3.90. The van der Waals surface area contributed by atoms with Crippen molar-refractivity contribution in [3.8, 4) is 0 Å². The van der Waals surface area contributed by atoms with Crippen LogP contribution in [0.1, 0.15) is 10.5 Å². The summed E-state index contributed by atoms with van der Waals surface area (Å²) >= 11 is 1.28. The molecule has 2 aromatic heterocycles. The lowest BCUT2D eigenvalue weighted by Gasteiger charge is -2.02. The lowest BCUT2D eigenvalue weighted by Crippen LogP contribution is -2.10. The van der Waals surface area contributed by atoms with Crippen molar-refractivity contribution in [3.63, 3.8) is 0 Å². The maximum atomic E-state index is 10.6. The molecule has 0 amide bonds. The van der Waals surface area contributed by atoms with Crippen molar-refractivity contribution in [2.24, 2.45) is 0 Å². The van der Waals surface area contributed by atoms with Crippen LogP contribution in [-0.4, -0.2) is 32.4 Å². The van der Waals surface area contributed by atoms with Crippen LogP contribution in [0, 0.1) is 0 Å². The minimum Gasteiger partial charge on any atom is -0.476 e. The van der Waals surface area contributed by atoms with Crippen molar-refractivity contribution in [1.29, 1.82) is 0 Å². The number of carboxylic acids is 1. The summed E-state index contributed by atoms with van der Waals surface area (Å²) in [5.74, 6) is -1.00. The summed E-state index contributed by atoms with van der Waals surface area (Å²) in [5, 5.41) is 17.9. The SMILES string of the molecule is O=C(O)c1csc(NCCn2cccn2)n1. The Balaban J connectivity index is 1.83. The molecule has 0 saturated heterocycles. The van der Waals surface area contributed by atoms with Crippen LogP contribution in [0.25, 0.3) is 0 Å². The van der Waals surface area contributed by atoms with Gasteiger partial charge < -0.3 is 10.4 Å². The number of nitrogens with one attached hydrogen (secondary N) is 1. The predicted molar refractivity (Wildman–Crippen MR) is 59.8 cm³/mol. The van der Waals surface area contributed by atoms with E-state index in [9.17, 15) is 4.79 Å². The van der Waals surface area contributed by atoms with Crippen LogP contribution in [0.5, 0.6) is 0 Å². The van der Waals surface area contributed by atoms with Gasteiger partial charge in [0.1, 0.15) is 0 Å². The van der Waals surface area contributed by atoms with Crippen LogP contribution in [0.2, 0.25) is 0 Å². The van der Waals surface area contributed by atoms with Crippen molar-refractivity contribution in [1.82, 2.24) is 14.8 Å². The summed E-state index contributed by atoms with van der Waals surface area (Å²) in [7, 11) is 0. The molecule has 6 nitrogen and oxygen atoms in total. The van der Waals surface area contributed by atoms with Gasteiger partial charge in [-0.15, -0.1) is 11.3 Å². The Hall–Kier alpha value is -1.89. The average Bonchev–Trinajstić information content (AvgIpc) is 2.87. The largest absolute Gasteiger partial charge is 0.476 e. The molecule has 2 N–H and O–H groups in total. The number of thiazole rings is 1. The minimum absolute atomic E-state index is 0.0755. The number of aromatic carboxylic acids is 1. The highest BCUT2D eigenvalue weighted by atomic mass is 32.1. The summed E-state index contributed by atoms with van der Waals surface area (Å²) in [6, 6.07) is 1.85. The Morgan fingerprint density at radius 3 is 3.12 bits per heavy atom. The third-order valence-electron chi connectivity index (χ3n) is 1.90. The molecule has 2 aromatic rings. The van der Waals surface area contributed by atoms with E-state index in [1.165, 1.54) is 16.7 Å². The minimum atomic E-state index is -1.00. The van der Waals surface area contributed by atoms with Crippen molar-refractivity contribution in [2.45, 2.75) is 6.54 Å². The zero-order valence-corrected chi connectivity index (χ0v) is 9.15. The Morgan fingerprint density at radius 2 is 2.50 bits per heavy atom. The van der Waals surface area contributed by atoms with Crippen molar-refractivity contribution < 1.29 is 9.90 Å². The van der Waals surface area contributed by atoms with Gasteiger partial charge in [-0.2, -0.15) is 5.10 Å². The number of nitrogens with zero attached hydrogens (tertiary/aromatic N) is 3. The van der Waals surface area contributed by atoms with Crippen LogP contribution in [0.3, 0.4) is 0 Å². The molecule has 84 valence electrons.